The maximum Gasteiger partial charge on any atom is 0.305 e. The van der Waals surface area contributed by atoms with Crippen LogP contribution in [0.4, 0.5) is 34.1 Å². The minimum absolute atomic E-state index is 0.204. The van der Waals surface area contributed by atoms with Crippen molar-refractivity contribution in [2.24, 2.45) is 0 Å². The Labute approximate surface area is 302 Å². The molecular weight excluding hydrogens is 653 g/mol. The standard InChI is InChI=1S/C44H38N2O4S/c1-49-43(47)27-17-31-13-19-35(20-14-31)45(33-9-5-3-6-10-33)37-23-25-39-40-26-24-38(30-42(40)51-41(39)29-37)46(34-11-7-4-8-12-34)36-21-15-32(16-22-36)18-28-44(48)50-2/h3-16,19-26,29-30H,17-18,27-28H2,1-2H3. The number of fused-ring (bicyclic) bond motifs is 3. The molecule has 0 atom stereocenters. The number of ether oxygens (including phenoxy) is 2. The van der Waals surface area contributed by atoms with E-state index < -0.39 is 0 Å². The number of hydrogen-bond donors (Lipinski definition) is 0. The van der Waals surface area contributed by atoms with Crippen molar-refractivity contribution in [1.82, 2.24) is 0 Å². The minimum Gasteiger partial charge on any atom is -0.469 e. The van der Waals surface area contributed by atoms with Crippen LogP contribution in [0.3, 0.4) is 0 Å². The van der Waals surface area contributed by atoms with Crippen molar-refractivity contribution < 1.29 is 19.1 Å². The van der Waals surface area contributed by atoms with Gasteiger partial charge < -0.3 is 19.3 Å². The van der Waals surface area contributed by atoms with Crippen LogP contribution in [0.25, 0.3) is 20.2 Å². The lowest BCUT2D eigenvalue weighted by atomic mass is 10.1. The average molecular weight is 691 g/mol. The van der Waals surface area contributed by atoms with Crippen molar-refractivity contribution in [2.75, 3.05) is 24.0 Å². The Kier molecular flexibility index (Phi) is 10.1. The highest BCUT2D eigenvalue weighted by Crippen LogP contribution is 2.43. The van der Waals surface area contributed by atoms with Gasteiger partial charge in [0.05, 0.1) is 14.2 Å². The molecule has 1 aromatic heterocycles. The van der Waals surface area contributed by atoms with E-state index in [1.54, 1.807) is 11.3 Å². The van der Waals surface area contributed by atoms with Gasteiger partial charge in [0, 0.05) is 67.1 Å². The van der Waals surface area contributed by atoms with E-state index in [0.29, 0.717) is 25.7 Å². The summed E-state index contributed by atoms with van der Waals surface area (Å²) in [4.78, 5) is 27.9. The second kappa shape index (κ2) is 15.3. The number of hydrogen-bond acceptors (Lipinski definition) is 7. The third-order valence-electron chi connectivity index (χ3n) is 9.07. The van der Waals surface area contributed by atoms with E-state index in [4.69, 9.17) is 9.47 Å². The van der Waals surface area contributed by atoms with Gasteiger partial charge in [-0.15, -0.1) is 11.3 Å². The molecule has 1 heterocycles. The number of carbonyl (C=O) groups is 2. The first-order valence-corrected chi connectivity index (χ1v) is 17.8. The summed E-state index contributed by atoms with van der Waals surface area (Å²) >= 11 is 1.79. The smallest absolute Gasteiger partial charge is 0.305 e. The highest BCUT2D eigenvalue weighted by atomic mass is 32.1. The maximum atomic E-state index is 11.7. The van der Waals surface area contributed by atoms with Gasteiger partial charge in [-0.25, -0.2) is 0 Å². The molecule has 0 spiro atoms. The number of esters is 2. The van der Waals surface area contributed by atoms with Crippen LogP contribution in [0, 0.1) is 0 Å². The van der Waals surface area contributed by atoms with Crippen molar-refractivity contribution in [1.29, 1.82) is 0 Å². The summed E-state index contributed by atoms with van der Waals surface area (Å²) in [5.41, 5.74) is 8.54. The molecule has 51 heavy (non-hydrogen) atoms. The molecule has 0 saturated carbocycles. The Bertz CT molecular complexity index is 2110. The second-order valence-electron chi connectivity index (χ2n) is 12.3. The monoisotopic (exact) mass is 690 g/mol. The van der Waals surface area contributed by atoms with Crippen LogP contribution >= 0.6 is 11.3 Å². The third kappa shape index (κ3) is 7.49. The van der Waals surface area contributed by atoms with Gasteiger partial charge in [0.15, 0.2) is 0 Å². The van der Waals surface area contributed by atoms with Gasteiger partial charge >= 0.3 is 11.9 Å². The molecule has 0 bridgehead atoms. The van der Waals surface area contributed by atoms with E-state index >= 15 is 0 Å². The van der Waals surface area contributed by atoms with Gasteiger partial charge in [-0.05, 0) is 96.8 Å². The lowest BCUT2D eigenvalue weighted by molar-refractivity contribution is -0.141. The van der Waals surface area contributed by atoms with E-state index in [1.807, 2.05) is 12.1 Å². The summed E-state index contributed by atoms with van der Waals surface area (Å²) in [6, 6.07) is 51.0. The Balaban J connectivity index is 1.23. The number of para-hydroxylation sites is 2. The van der Waals surface area contributed by atoms with Crippen LogP contribution in [0.1, 0.15) is 24.0 Å². The molecule has 254 valence electrons. The third-order valence-corrected chi connectivity index (χ3v) is 10.2. The van der Waals surface area contributed by atoms with Crippen LogP contribution < -0.4 is 9.80 Å². The van der Waals surface area contributed by atoms with Crippen molar-refractivity contribution in [2.45, 2.75) is 25.7 Å². The fraction of sp³-hybridized carbons (Fsp3) is 0.136. The number of aryl methyl sites for hydroxylation is 2. The number of thiophene rings is 1. The van der Waals surface area contributed by atoms with Crippen LogP contribution in [-0.4, -0.2) is 26.2 Å². The highest BCUT2D eigenvalue weighted by Gasteiger charge is 2.17. The number of benzene rings is 6. The predicted molar refractivity (Wildman–Crippen MR) is 209 cm³/mol. The summed E-state index contributed by atoms with van der Waals surface area (Å²) in [5, 5.41) is 2.44. The lowest BCUT2D eigenvalue weighted by Gasteiger charge is -2.26. The molecule has 0 aliphatic carbocycles. The van der Waals surface area contributed by atoms with Crippen molar-refractivity contribution in [3.05, 3.63) is 157 Å². The first kappa shape index (κ1) is 33.6. The van der Waals surface area contributed by atoms with E-state index in [1.165, 1.54) is 34.4 Å². The molecule has 0 aliphatic rings. The molecule has 0 amide bonds. The van der Waals surface area contributed by atoms with Gasteiger partial charge in [0.25, 0.3) is 0 Å². The zero-order valence-corrected chi connectivity index (χ0v) is 29.4. The Morgan fingerprint density at radius 3 is 1.20 bits per heavy atom. The molecule has 0 radical (unpaired) electrons. The average Bonchev–Trinajstić information content (AvgIpc) is 3.55. The highest BCUT2D eigenvalue weighted by molar-refractivity contribution is 7.25. The lowest BCUT2D eigenvalue weighted by Crippen LogP contribution is -2.10. The van der Waals surface area contributed by atoms with E-state index in [9.17, 15) is 9.59 Å². The zero-order valence-electron chi connectivity index (χ0n) is 28.6. The van der Waals surface area contributed by atoms with Gasteiger partial charge in [-0.3, -0.25) is 9.59 Å². The Hall–Kier alpha value is -5.92. The first-order valence-electron chi connectivity index (χ1n) is 17.0. The van der Waals surface area contributed by atoms with Gasteiger partial charge in [-0.2, -0.15) is 0 Å². The number of carbonyl (C=O) groups excluding carboxylic acids is 2. The van der Waals surface area contributed by atoms with E-state index in [2.05, 4.69) is 143 Å². The molecular formula is C44H38N2O4S. The number of rotatable bonds is 12. The van der Waals surface area contributed by atoms with Crippen molar-refractivity contribution in [3.63, 3.8) is 0 Å². The van der Waals surface area contributed by atoms with Gasteiger partial charge in [-0.1, -0.05) is 72.8 Å². The maximum absolute atomic E-state index is 11.7. The van der Waals surface area contributed by atoms with Gasteiger partial charge in [0.1, 0.15) is 0 Å². The molecule has 0 fully saturated rings. The molecule has 6 nitrogen and oxygen atoms in total. The molecule has 7 rings (SSSR count). The zero-order chi connectivity index (χ0) is 35.2. The summed E-state index contributed by atoms with van der Waals surface area (Å²) in [6.07, 6.45) is 1.99. The molecule has 0 unspecified atom stereocenters. The quantitative estimate of drug-likeness (QED) is 0.119. The normalized spacial score (nSPS) is 11.0. The molecule has 7 aromatic rings. The SMILES string of the molecule is COC(=O)CCc1ccc(N(c2ccccc2)c2ccc3c(c2)sc2cc(N(c4ccccc4)c4ccc(CCC(=O)OC)cc4)ccc23)cc1. The van der Waals surface area contributed by atoms with E-state index in [0.717, 1.165) is 45.3 Å². The molecule has 7 heteroatoms. The Morgan fingerprint density at radius 1 is 0.471 bits per heavy atom. The molecule has 0 saturated heterocycles. The predicted octanol–water partition coefficient (Wildman–Crippen LogP) is 11.2. The topological polar surface area (TPSA) is 59.1 Å². The fourth-order valence-corrected chi connectivity index (χ4v) is 7.57. The number of anilines is 6. The van der Waals surface area contributed by atoms with Crippen LogP contribution in [-0.2, 0) is 31.9 Å². The fourth-order valence-electron chi connectivity index (χ4n) is 6.40. The van der Waals surface area contributed by atoms with E-state index in [-0.39, 0.29) is 11.9 Å². The largest absolute Gasteiger partial charge is 0.469 e. The van der Waals surface area contributed by atoms with Crippen molar-refractivity contribution >= 4 is 77.6 Å². The minimum atomic E-state index is -0.204. The van der Waals surface area contributed by atoms with Crippen LogP contribution in [0.2, 0.25) is 0 Å². The molecule has 0 aliphatic heterocycles. The summed E-state index contributed by atoms with van der Waals surface area (Å²) in [6.45, 7) is 0. The second-order valence-corrected chi connectivity index (χ2v) is 13.4. The molecule has 6 aromatic carbocycles. The van der Waals surface area contributed by atoms with Gasteiger partial charge in [0.2, 0.25) is 0 Å². The summed E-state index contributed by atoms with van der Waals surface area (Å²) < 4.78 is 12.1. The Morgan fingerprint density at radius 2 is 0.824 bits per heavy atom. The van der Waals surface area contributed by atoms with Crippen molar-refractivity contribution in [3.8, 4) is 0 Å². The summed E-state index contributed by atoms with van der Waals surface area (Å²) in [5.74, 6) is -0.409. The first-order chi connectivity index (χ1) is 25.0. The van der Waals surface area contributed by atoms with Crippen LogP contribution in [0.5, 0.6) is 0 Å². The summed E-state index contributed by atoms with van der Waals surface area (Å²) in [7, 11) is 2.85. The number of nitrogens with zero attached hydrogens (tertiary/aromatic N) is 2. The molecule has 0 N–H and O–H groups in total. The number of methoxy groups -OCH3 is 2. The van der Waals surface area contributed by atoms with Crippen LogP contribution in [0.15, 0.2) is 146 Å².